The minimum absolute atomic E-state index is 0.144. The largest absolute Gasteiger partial charge is 0.493 e. The van der Waals surface area contributed by atoms with Gasteiger partial charge in [-0.3, -0.25) is 19.5 Å². The molecule has 3 aromatic rings. The second kappa shape index (κ2) is 11.8. The Hall–Kier alpha value is -4.04. The Bertz CT molecular complexity index is 1490. The van der Waals surface area contributed by atoms with Gasteiger partial charge in [0.15, 0.2) is 11.5 Å². The van der Waals surface area contributed by atoms with E-state index in [9.17, 15) is 9.59 Å². The van der Waals surface area contributed by atoms with Gasteiger partial charge >= 0.3 is 0 Å². The van der Waals surface area contributed by atoms with Crippen LogP contribution in [-0.4, -0.2) is 48.8 Å². The predicted molar refractivity (Wildman–Crippen MR) is 161 cm³/mol. The molecule has 0 aromatic heterocycles. The number of amides is 2. The summed E-state index contributed by atoms with van der Waals surface area (Å²) in [5.41, 5.74) is 2.90. The van der Waals surface area contributed by atoms with Crippen molar-refractivity contribution in [3.8, 4) is 11.5 Å². The summed E-state index contributed by atoms with van der Waals surface area (Å²) in [6.45, 7) is 0.647. The maximum absolute atomic E-state index is 14.4. The molecule has 3 aromatic carbocycles. The number of benzene rings is 3. The van der Waals surface area contributed by atoms with E-state index in [-0.39, 0.29) is 17.9 Å². The molecule has 1 unspecified atom stereocenters. The van der Waals surface area contributed by atoms with Crippen LogP contribution in [0.2, 0.25) is 5.02 Å². The molecule has 2 aliphatic heterocycles. The van der Waals surface area contributed by atoms with Crippen LogP contribution in [-0.2, 0) is 4.79 Å². The molecule has 1 saturated carbocycles. The Morgan fingerprint density at radius 3 is 2.61 bits per heavy atom. The molecule has 8 nitrogen and oxygen atoms in total. The highest BCUT2D eigenvalue weighted by Gasteiger charge is 2.37. The van der Waals surface area contributed by atoms with E-state index in [1.165, 1.54) is 12.8 Å². The summed E-state index contributed by atoms with van der Waals surface area (Å²) in [6, 6.07) is 17.6. The van der Waals surface area contributed by atoms with Crippen molar-refractivity contribution in [1.29, 1.82) is 0 Å². The monoisotopic (exact) mass is 572 g/mol. The van der Waals surface area contributed by atoms with Gasteiger partial charge in [0.1, 0.15) is 6.04 Å². The third-order valence-corrected chi connectivity index (χ3v) is 8.19. The number of fused-ring (bicyclic) bond motifs is 2. The van der Waals surface area contributed by atoms with Gasteiger partial charge in [0.25, 0.3) is 11.8 Å². The fourth-order valence-corrected chi connectivity index (χ4v) is 6.04. The third-order valence-electron chi connectivity index (χ3n) is 7.96. The summed E-state index contributed by atoms with van der Waals surface area (Å²) in [7, 11) is 1.64. The average molecular weight is 573 g/mol. The number of carbonyl (C=O) groups excluding carboxylic acids is 2. The lowest BCUT2D eigenvalue weighted by atomic mass is 10.0. The molecule has 9 heteroatoms. The Morgan fingerprint density at radius 1 is 0.976 bits per heavy atom. The van der Waals surface area contributed by atoms with Crippen molar-refractivity contribution >= 4 is 46.7 Å². The van der Waals surface area contributed by atoms with Gasteiger partial charge in [0.05, 0.1) is 42.1 Å². The molecule has 0 spiro atoms. The number of hydrogen-bond acceptors (Lipinski definition) is 6. The van der Waals surface area contributed by atoms with Crippen LogP contribution in [0.5, 0.6) is 11.5 Å². The van der Waals surface area contributed by atoms with Gasteiger partial charge in [-0.05, 0) is 99.0 Å². The molecule has 2 amide bonds. The predicted octanol–water partition coefficient (Wildman–Crippen LogP) is 6.79. The molecule has 0 radical (unpaired) electrons. The van der Waals surface area contributed by atoms with Gasteiger partial charge in [-0.1, -0.05) is 23.7 Å². The van der Waals surface area contributed by atoms with E-state index in [0.29, 0.717) is 52.1 Å². The molecule has 2 fully saturated rings. The smallest absolute Gasteiger partial charge is 0.257 e. The molecule has 0 bridgehead atoms. The Balaban J connectivity index is 1.31. The number of hydrazone groups is 1. The highest BCUT2D eigenvalue weighted by Crippen LogP contribution is 2.40. The van der Waals surface area contributed by atoms with Crippen LogP contribution in [0.4, 0.5) is 17.1 Å². The molecule has 1 N–H and O–H groups in total. The summed E-state index contributed by atoms with van der Waals surface area (Å²) in [5, 5.41) is 10.1. The molecule has 2 heterocycles. The van der Waals surface area contributed by atoms with Gasteiger partial charge in [0.2, 0.25) is 0 Å². The van der Waals surface area contributed by atoms with Crippen LogP contribution in [0, 0.1) is 0 Å². The number of anilines is 3. The second-order valence-corrected chi connectivity index (χ2v) is 11.1. The number of carbonyl (C=O) groups is 2. The van der Waals surface area contributed by atoms with Crippen molar-refractivity contribution in [2.45, 2.75) is 57.1 Å². The first-order valence-electron chi connectivity index (χ1n) is 14.2. The Morgan fingerprint density at radius 2 is 1.78 bits per heavy atom. The zero-order valence-corrected chi connectivity index (χ0v) is 23.8. The van der Waals surface area contributed by atoms with Crippen LogP contribution in [0.25, 0.3) is 0 Å². The van der Waals surface area contributed by atoms with Crippen molar-refractivity contribution in [3.05, 3.63) is 76.8 Å². The topological polar surface area (TPSA) is 83.5 Å². The number of rotatable bonds is 6. The number of ether oxygens (including phenoxy) is 2. The van der Waals surface area contributed by atoms with Crippen LogP contribution in [0.15, 0.2) is 65.8 Å². The number of halogens is 1. The zero-order valence-electron chi connectivity index (χ0n) is 23.0. The maximum Gasteiger partial charge on any atom is 0.257 e. The Kier molecular flexibility index (Phi) is 7.83. The lowest BCUT2D eigenvalue weighted by molar-refractivity contribution is -0.124. The number of nitrogens with zero attached hydrogens (tertiary/aromatic N) is 3. The summed E-state index contributed by atoms with van der Waals surface area (Å²) < 4.78 is 11.8. The third kappa shape index (κ3) is 5.61. The van der Waals surface area contributed by atoms with Crippen molar-refractivity contribution in [2.24, 2.45) is 5.10 Å². The normalized spacial score (nSPS) is 19.0. The minimum atomic E-state index is -0.503. The van der Waals surface area contributed by atoms with Crippen LogP contribution in [0.3, 0.4) is 0 Å². The van der Waals surface area contributed by atoms with Gasteiger partial charge in [-0.2, -0.15) is 5.10 Å². The lowest BCUT2D eigenvalue weighted by Gasteiger charge is -2.36. The van der Waals surface area contributed by atoms with Gasteiger partial charge < -0.3 is 14.8 Å². The van der Waals surface area contributed by atoms with Crippen molar-refractivity contribution in [1.82, 2.24) is 5.01 Å². The first kappa shape index (κ1) is 27.1. The van der Waals surface area contributed by atoms with E-state index in [1.54, 1.807) is 54.6 Å². The molecule has 3 aliphatic rings. The molecular formula is C32H33ClN4O4. The number of hydrogen-bond donors (Lipinski definition) is 1. The standard InChI is InChI=1S/C32H33ClN4O4/c1-40-29-16-13-21(18-30(29)41-23-8-2-3-9-23)20-34-36-17-7-6-12-28(36)32(39)37-26-11-5-4-10-24(26)31(38)35-25-19-22(33)14-15-27(25)37/h4-5,10-11,13-16,18-20,23,28H,2-3,6-9,12,17H2,1H3,(H,35,38)/b34-20+. The first-order valence-corrected chi connectivity index (χ1v) is 14.6. The van der Waals surface area contributed by atoms with E-state index in [2.05, 4.69) is 5.32 Å². The van der Waals surface area contributed by atoms with E-state index in [1.807, 2.05) is 29.3 Å². The zero-order chi connectivity index (χ0) is 28.3. The van der Waals surface area contributed by atoms with Crippen molar-refractivity contribution in [3.63, 3.8) is 0 Å². The summed E-state index contributed by atoms with van der Waals surface area (Å²) in [6.07, 6.45) is 8.94. The molecule has 41 heavy (non-hydrogen) atoms. The van der Waals surface area contributed by atoms with Crippen molar-refractivity contribution in [2.75, 3.05) is 23.9 Å². The van der Waals surface area contributed by atoms with E-state index in [4.69, 9.17) is 26.2 Å². The highest BCUT2D eigenvalue weighted by atomic mass is 35.5. The van der Waals surface area contributed by atoms with Crippen LogP contribution in [0.1, 0.15) is 60.9 Å². The molecule has 1 atom stereocenters. The summed E-state index contributed by atoms with van der Waals surface area (Å²) in [4.78, 5) is 29.1. The Labute approximate surface area is 244 Å². The van der Waals surface area contributed by atoms with Gasteiger partial charge in [-0.25, -0.2) is 0 Å². The lowest BCUT2D eigenvalue weighted by Crippen LogP contribution is -2.47. The number of piperidine rings is 1. The van der Waals surface area contributed by atoms with Crippen LogP contribution < -0.4 is 19.7 Å². The van der Waals surface area contributed by atoms with Crippen molar-refractivity contribution < 1.29 is 19.1 Å². The number of nitrogens with one attached hydrogen (secondary N) is 1. The summed E-state index contributed by atoms with van der Waals surface area (Å²) >= 11 is 6.27. The van der Waals surface area contributed by atoms with Gasteiger partial charge in [-0.15, -0.1) is 0 Å². The molecule has 212 valence electrons. The molecule has 1 saturated heterocycles. The maximum atomic E-state index is 14.4. The van der Waals surface area contributed by atoms with E-state index in [0.717, 1.165) is 31.2 Å². The SMILES string of the molecule is COc1ccc(/C=N/N2CCCCC2C(=O)N2c3ccc(Cl)cc3NC(=O)c3ccccc32)cc1OC1CCCC1. The van der Waals surface area contributed by atoms with E-state index >= 15 is 0 Å². The van der Waals surface area contributed by atoms with E-state index < -0.39 is 6.04 Å². The fraction of sp³-hybridized carbons (Fsp3) is 0.344. The van der Waals surface area contributed by atoms with Crippen LogP contribution >= 0.6 is 11.6 Å². The van der Waals surface area contributed by atoms with Gasteiger partial charge in [0, 0.05) is 11.6 Å². The molecule has 1 aliphatic carbocycles. The molecular weight excluding hydrogens is 540 g/mol. The number of methoxy groups -OCH3 is 1. The second-order valence-electron chi connectivity index (χ2n) is 10.7. The minimum Gasteiger partial charge on any atom is -0.493 e. The molecule has 6 rings (SSSR count). The fourth-order valence-electron chi connectivity index (χ4n) is 5.87. The highest BCUT2D eigenvalue weighted by molar-refractivity contribution is 6.31. The quantitative estimate of drug-likeness (QED) is 0.329. The first-order chi connectivity index (χ1) is 20.0. The number of para-hydroxylation sites is 1. The average Bonchev–Trinajstić information content (AvgIpc) is 3.47. The summed E-state index contributed by atoms with van der Waals surface area (Å²) in [5.74, 6) is 0.979.